The summed E-state index contributed by atoms with van der Waals surface area (Å²) in [4.78, 5) is 16.0. The van der Waals surface area contributed by atoms with E-state index in [0.29, 0.717) is 19.6 Å². The molecule has 0 aliphatic heterocycles. The maximum absolute atomic E-state index is 12.2. The van der Waals surface area contributed by atoms with E-state index in [2.05, 4.69) is 36.2 Å². The van der Waals surface area contributed by atoms with Gasteiger partial charge in [-0.2, -0.15) is 0 Å². The van der Waals surface area contributed by atoms with E-state index in [4.69, 9.17) is 5.11 Å². The van der Waals surface area contributed by atoms with Crippen LogP contribution in [0.25, 0.3) is 0 Å². The molecule has 1 unspecified atom stereocenters. The fourth-order valence-electron chi connectivity index (χ4n) is 2.19. The van der Waals surface area contributed by atoms with Crippen LogP contribution in [-0.2, 0) is 0 Å². The molecule has 0 saturated heterocycles. The Balaban J connectivity index is 2.47. The number of aliphatic hydroxyl groups is 1. The predicted molar refractivity (Wildman–Crippen MR) is 91.3 cm³/mol. The molecule has 22 heavy (non-hydrogen) atoms. The van der Waals surface area contributed by atoms with E-state index in [1.807, 2.05) is 25.2 Å². The third kappa shape index (κ3) is 5.93. The number of anilines is 1. The van der Waals surface area contributed by atoms with E-state index in [1.165, 1.54) is 0 Å². The van der Waals surface area contributed by atoms with Gasteiger partial charge in [0, 0.05) is 38.4 Å². The Morgan fingerprint density at radius 3 is 2.55 bits per heavy atom. The molecular formula is C17H29N3O2. The Bertz CT molecular complexity index is 425. The Morgan fingerprint density at radius 2 is 1.95 bits per heavy atom. The topological polar surface area (TPSA) is 55.8 Å². The summed E-state index contributed by atoms with van der Waals surface area (Å²) in [5, 5.41) is 12.0. The molecule has 0 radical (unpaired) electrons. The number of hydrogen-bond donors (Lipinski definition) is 2. The van der Waals surface area contributed by atoms with Crippen LogP contribution in [0.4, 0.5) is 10.5 Å². The van der Waals surface area contributed by atoms with Crippen molar-refractivity contribution in [3.8, 4) is 0 Å². The molecule has 1 aromatic rings. The van der Waals surface area contributed by atoms with Crippen molar-refractivity contribution in [1.29, 1.82) is 0 Å². The zero-order valence-electron chi connectivity index (χ0n) is 14.0. The lowest BCUT2D eigenvalue weighted by molar-refractivity contribution is 0.176. The molecule has 1 atom stereocenters. The van der Waals surface area contributed by atoms with Crippen molar-refractivity contribution in [1.82, 2.24) is 10.2 Å². The Labute approximate surface area is 133 Å². The summed E-state index contributed by atoms with van der Waals surface area (Å²) in [5.74, 6) is 0. The number of urea groups is 1. The van der Waals surface area contributed by atoms with Gasteiger partial charge >= 0.3 is 6.03 Å². The van der Waals surface area contributed by atoms with Gasteiger partial charge in [0.05, 0.1) is 6.61 Å². The van der Waals surface area contributed by atoms with Crippen molar-refractivity contribution in [2.75, 3.05) is 38.2 Å². The number of benzene rings is 1. The molecule has 0 saturated carbocycles. The van der Waals surface area contributed by atoms with Gasteiger partial charge in [-0.1, -0.05) is 31.5 Å². The van der Waals surface area contributed by atoms with Crippen LogP contribution in [-0.4, -0.2) is 55.4 Å². The van der Waals surface area contributed by atoms with Gasteiger partial charge in [0.25, 0.3) is 0 Å². The van der Waals surface area contributed by atoms with E-state index < -0.39 is 0 Å². The van der Waals surface area contributed by atoms with Crippen LogP contribution in [0.3, 0.4) is 0 Å². The fourth-order valence-corrected chi connectivity index (χ4v) is 2.19. The molecule has 1 aromatic carbocycles. The molecule has 0 aliphatic rings. The van der Waals surface area contributed by atoms with Crippen LogP contribution >= 0.6 is 0 Å². The van der Waals surface area contributed by atoms with Crippen molar-refractivity contribution in [2.45, 2.75) is 32.7 Å². The first kappa shape index (κ1) is 18.3. The van der Waals surface area contributed by atoms with Gasteiger partial charge in [0.2, 0.25) is 0 Å². The molecule has 0 fully saturated rings. The van der Waals surface area contributed by atoms with Gasteiger partial charge in [-0.05, 0) is 25.5 Å². The van der Waals surface area contributed by atoms with E-state index in [9.17, 15) is 4.79 Å². The largest absolute Gasteiger partial charge is 0.395 e. The summed E-state index contributed by atoms with van der Waals surface area (Å²) in [6.07, 6.45) is 1.98. The lowest BCUT2D eigenvalue weighted by Gasteiger charge is -2.29. The third-order valence-corrected chi connectivity index (χ3v) is 3.81. The molecule has 124 valence electrons. The highest BCUT2D eigenvalue weighted by atomic mass is 16.3. The van der Waals surface area contributed by atoms with Crippen LogP contribution in [0.1, 0.15) is 26.7 Å². The van der Waals surface area contributed by atoms with Gasteiger partial charge in [-0.3, -0.25) is 0 Å². The fraction of sp³-hybridized carbons (Fsp3) is 0.588. The van der Waals surface area contributed by atoms with Crippen LogP contribution in [0.2, 0.25) is 0 Å². The molecule has 0 heterocycles. The molecule has 2 N–H and O–H groups in total. The van der Waals surface area contributed by atoms with Crippen molar-refractivity contribution >= 4 is 11.7 Å². The molecule has 5 heteroatoms. The maximum atomic E-state index is 12.2. The van der Waals surface area contributed by atoms with Gasteiger partial charge in [-0.15, -0.1) is 0 Å². The van der Waals surface area contributed by atoms with Gasteiger partial charge in [0.1, 0.15) is 0 Å². The van der Waals surface area contributed by atoms with E-state index in [-0.39, 0.29) is 18.7 Å². The summed E-state index contributed by atoms with van der Waals surface area (Å²) in [5.41, 5.74) is 1.13. The number of unbranched alkanes of at least 4 members (excludes halogenated alkanes) is 1. The van der Waals surface area contributed by atoms with Gasteiger partial charge in [-0.25, -0.2) is 4.79 Å². The molecule has 1 rings (SSSR count). The number of aliphatic hydroxyl groups excluding tert-OH is 1. The van der Waals surface area contributed by atoms with Crippen LogP contribution in [0, 0.1) is 0 Å². The van der Waals surface area contributed by atoms with Crippen LogP contribution in [0.15, 0.2) is 30.3 Å². The smallest absolute Gasteiger partial charge is 0.317 e. The minimum Gasteiger partial charge on any atom is -0.395 e. The zero-order valence-corrected chi connectivity index (χ0v) is 14.0. The van der Waals surface area contributed by atoms with Crippen molar-refractivity contribution in [2.24, 2.45) is 0 Å². The lowest BCUT2D eigenvalue weighted by Crippen LogP contribution is -2.47. The average molecular weight is 307 g/mol. The minimum absolute atomic E-state index is 0.00337. The molecule has 0 aliphatic carbocycles. The highest BCUT2D eigenvalue weighted by Crippen LogP contribution is 2.13. The van der Waals surface area contributed by atoms with Crippen LogP contribution < -0.4 is 10.2 Å². The molecule has 0 aromatic heterocycles. The first-order valence-electron chi connectivity index (χ1n) is 8.01. The number of para-hydroxylation sites is 1. The number of nitrogens with one attached hydrogen (secondary N) is 1. The van der Waals surface area contributed by atoms with E-state index >= 15 is 0 Å². The van der Waals surface area contributed by atoms with E-state index in [1.54, 1.807) is 4.90 Å². The first-order valence-corrected chi connectivity index (χ1v) is 8.01. The number of carbonyl (C=O) groups excluding carboxylic acids is 1. The molecule has 2 amide bonds. The Hall–Kier alpha value is -1.75. The normalized spacial score (nSPS) is 11.8. The van der Waals surface area contributed by atoms with E-state index in [0.717, 1.165) is 18.5 Å². The quantitative estimate of drug-likeness (QED) is 0.736. The minimum atomic E-state index is -0.101. The second-order valence-corrected chi connectivity index (χ2v) is 5.55. The second-order valence-electron chi connectivity index (χ2n) is 5.55. The van der Waals surface area contributed by atoms with Crippen molar-refractivity contribution in [3.63, 3.8) is 0 Å². The molecule has 0 spiro atoms. The standard InChI is InChI=1S/C17H29N3O2/c1-4-5-11-20(12-13-21)17(22)18-14-15(2)19(3)16-9-7-6-8-10-16/h6-10,15,21H,4-5,11-14H2,1-3H3,(H,18,22). The first-order chi connectivity index (χ1) is 10.6. The highest BCUT2D eigenvalue weighted by Gasteiger charge is 2.15. The second kappa shape index (κ2) is 10.1. The third-order valence-electron chi connectivity index (χ3n) is 3.81. The SMILES string of the molecule is CCCCN(CCO)C(=O)NCC(C)N(C)c1ccccc1. The number of carbonyl (C=O) groups is 1. The Morgan fingerprint density at radius 1 is 1.27 bits per heavy atom. The summed E-state index contributed by atoms with van der Waals surface area (Å²) < 4.78 is 0. The summed E-state index contributed by atoms with van der Waals surface area (Å²) >= 11 is 0. The predicted octanol–water partition coefficient (Wildman–Crippen LogP) is 2.32. The van der Waals surface area contributed by atoms with Gasteiger partial charge < -0.3 is 20.2 Å². The summed E-state index contributed by atoms with van der Waals surface area (Å²) in [6.45, 7) is 5.80. The molecule has 0 bridgehead atoms. The monoisotopic (exact) mass is 307 g/mol. The van der Waals surface area contributed by atoms with Crippen molar-refractivity contribution < 1.29 is 9.90 Å². The number of hydrogen-bond acceptors (Lipinski definition) is 3. The molecule has 5 nitrogen and oxygen atoms in total. The maximum Gasteiger partial charge on any atom is 0.317 e. The summed E-state index contributed by atoms with van der Waals surface area (Å²) in [7, 11) is 2.02. The zero-order chi connectivity index (χ0) is 16.4. The number of nitrogens with zero attached hydrogens (tertiary/aromatic N) is 2. The molecular weight excluding hydrogens is 278 g/mol. The van der Waals surface area contributed by atoms with Crippen molar-refractivity contribution in [3.05, 3.63) is 30.3 Å². The summed E-state index contributed by atoms with van der Waals surface area (Å²) in [6, 6.07) is 10.2. The van der Waals surface area contributed by atoms with Gasteiger partial charge in [0.15, 0.2) is 0 Å². The highest BCUT2D eigenvalue weighted by molar-refractivity contribution is 5.74. The Kier molecular flexibility index (Phi) is 8.36. The number of rotatable bonds is 9. The lowest BCUT2D eigenvalue weighted by atomic mass is 10.2. The average Bonchev–Trinajstić information content (AvgIpc) is 2.56. The number of likely N-dealkylation sites (N-methyl/N-ethyl adjacent to an activating group) is 1. The number of amides is 2. The van der Waals surface area contributed by atoms with Crippen LogP contribution in [0.5, 0.6) is 0 Å².